The number of benzene rings is 1. The van der Waals surface area contributed by atoms with E-state index in [1.807, 2.05) is 66.3 Å². The van der Waals surface area contributed by atoms with Crippen molar-refractivity contribution in [3.63, 3.8) is 0 Å². The zero-order valence-electron chi connectivity index (χ0n) is 15.8. The Labute approximate surface area is 174 Å². The first-order valence-corrected chi connectivity index (χ1v) is 10.3. The molecular weight excluding hydrogens is 388 g/mol. The third-order valence-electron chi connectivity index (χ3n) is 4.20. The second kappa shape index (κ2) is 9.48. The van der Waals surface area contributed by atoms with E-state index in [0.717, 1.165) is 24.3 Å². The SMILES string of the molecule is CCCc1cc[n+](C(C(=S)Nc2cccc(OC)c2)=C([O-])c2cccs2)cc1. The van der Waals surface area contributed by atoms with E-state index in [1.54, 1.807) is 11.7 Å². The van der Waals surface area contributed by atoms with Crippen molar-refractivity contribution in [3.05, 3.63) is 76.7 Å². The van der Waals surface area contributed by atoms with Crippen LogP contribution in [0.1, 0.15) is 23.8 Å². The minimum Gasteiger partial charge on any atom is -0.867 e. The molecular formula is C22H22N2O2S2. The average molecular weight is 411 g/mol. The highest BCUT2D eigenvalue weighted by atomic mass is 32.1. The van der Waals surface area contributed by atoms with E-state index >= 15 is 0 Å². The van der Waals surface area contributed by atoms with Crippen molar-refractivity contribution < 1.29 is 14.4 Å². The van der Waals surface area contributed by atoms with Crippen molar-refractivity contribution in [2.45, 2.75) is 19.8 Å². The van der Waals surface area contributed by atoms with Crippen LogP contribution in [-0.2, 0) is 6.42 Å². The third kappa shape index (κ3) is 4.77. The van der Waals surface area contributed by atoms with Crippen molar-refractivity contribution in [2.75, 3.05) is 12.4 Å². The summed E-state index contributed by atoms with van der Waals surface area (Å²) in [5.41, 5.74) is 2.42. The number of aromatic nitrogens is 1. The molecule has 1 aromatic carbocycles. The summed E-state index contributed by atoms with van der Waals surface area (Å²) < 4.78 is 7.05. The van der Waals surface area contributed by atoms with Crippen LogP contribution in [0.4, 0.5) is 5.69 Å². The summed E-state index contributed by atoms with van der Waals surface area (Å²) in [6.07, 6.45) is 5.86. The van der Waals surface area contributed by atoms with E-state index in [9.17, 15) is 5.11 Å². The predicted octanol–water partition coefficient (Wildman–Crippen LogP) is 4.12. The first-order valence-electron chi connectivity index (χ1n) is 9.03. The molecule has 2 heterocycles. The van der Waals surface area contributed by atoms with Crippen molar-refractivity contribution in [3.8, 4) is 5.75 Å². The Hall–Kier alpha value is -2.70. The first kappa shape index (κ1) is 20.0. The summed E-state index contributed by atoms with van der Waals surface area (Å²) >= 11 is 7.03. The summed E-state index contributed by atoms with van der Waals surface area (Å²) in [6, 6.07) is 15.2. The Morgan fingerprint density at radius 1 is 1.18 bits per heavy atom. The summed E-state index contributed by atoms with van der Waals surface area (Å²) in [7, 11) is 1.61. The molecule has 0 atom stereocenters. The number of rotatable bonds is 7. The monoisotopic (exact) mass is 410 g/mol. The van der Waals surface area contributed by atoms with Gasteiger partial charge in [-0.25, -0.2) is 0 Å². The Balaban J connectivity index is 1.98. The van der Waals surface area contributed by atoms with E-state index in [0.29, 0.717) is 15.6 Å². The fourth-order valence-electron chi connectivity index (χ4n) is 2.81. The third-order valence-corrected chi connectivity index (χ3v) is 5.36. The summed E-state index contributed by atoms with van der Waals surface area (Å²) in [5, 5.41) is 18.2. The molecule has 0 unspecified atom stereocenters. The van der Waals surface area contributed by atoms with Crippen LogP contribution in [0.15, 0.2) is 66.3 Å². The Morgan fingerprint density at radius 3 is 2.61 bits per heavy atom. The van der Waals surface area contributed by atoms with Gasteiger partial charge in [-0.2, -0.15) is 4.57 Å². The van der Waals surface area contributed by atoms with Crippen molar-refractivity contribution >= 4 is 45.7 Å². The molecule has 28 heavy (non-hydrogen) atoms. The maximum absolute atomic E-state index is 13.2. The number of nitrogens with zero attached hydrogens (tertiary/aromatic N) is 1. The molecule has 6 heteroatoms. The number of methoxy groups -OCH3 is 1. The molecule has 0 fully saturated rings. The topological polar surface area (TPSA) is 48.2 Å². The molecule has 1 N–H and O–H groups in total. The number of hydrogen-bond acceptors (Lipinski definition) is 4. The second-order valence-corrected chi connectivity index (χ2v) is 7.56. The maximum atomic E-state index is 13.2. The van der Waals surface area contributed by atoms with Crippen molar-refractivity contribution in [1.82, 2.24) is 0 Å². The number of pyridine rings is 1. The van der Waals surface area contributed by atoms with Gasteiger partial charge in [0.15, 0.2) is 17.4 Å². The highest BCUT2D eigenvalue weighted by molar-refractivity contribution is 7.81. The number of hydrogen-bond donors (Lipinski definition) is 1. The zero-order chi connectivity index (χ0) is 19.9. The number of nitrogens with one attached hydrogen (secondary N) is 1. The fourth-order valence-corrected chi connectivity index (χ4v) is 3.80. The quantitative estimate of drug-likeness (QED) is 0.275. The summed E-state index contributed by atoms with van der Waals surface area (Å²) in [6.45, 7) is 2.14. The van der Waals surface area contributed by atoms with Crippen LogP contribution in [-0.4, -0.2) is 12.1 Å². The Bertz CT molecular complexity index is 964. The zero-order valence-corrected chi connectivity index (χ0v) is 17.5. The minimum atomic E-state index is -0.108. The number of anilines is 1. The molecule has 0 saturated carbocycles. The molecule has 0 radical (unpaired) electrons. The normalized spacial score (nSPS) is 11.6. The highest BCUT2D eigenvalue weighted by Gasteiger charge is 2.19. The van der Waals surface area contributed by atoms with Gasteiger partial charge in [-0.15, -0.1) is 11.3 Å². The van der Waals surface area contributed by atoms with Gasteiger partial charge >= 0.3 is 0 Å². The van der Waals surface area contributed by atoms with Crippen LogP contribution in [0.25, 0.3) is 11.5 Å². The molecule has 0 bridgehead atoms. The van der Waals surface area contributed by atoms with Gasteiger partial charge in [0.2, 0.25) is 5.70 Å². The molecule has 0 aliphatic carbocycles. The minimum absolute atomic E-state index is 0.108. The number of thiocarbonyl (C=S) groups is 1. The smallest absolute Gasteiger partial charge is 0.239 e. The molecule has 2 aromatic heterocycles. The Morgan fingerprint density at radius 2 is 1.96 bits per heavy atom. The van der Waals surface area contributed by atoms with Crippen molar-refractivity contribution in [2.24, 2.45) is 0 Å². The largest absolute Gasteiger partial charge is 0.867 e. The molecule has 144 valence electrons. The average Bonchev–Trinajstić information content (AvgIpc) is 3.25. The molecule has 3 rings (SSSR count). The lowest BCUT2D eigenvalue weighted by atomic mass is 10.1. The van der Waals surface area contributed by atoms with Gasteiger partial charge in [0.25, 0.3) is 0 Å². The first-order chi connectivity index (χ1) is 13.6. The number of aryl methyl sites for hydroxylation is 1. The van der Waals surface area contributed by atoms with E-state index in [-0.39, 0.29) is 5.76 Å². The number of ether oxygens (including phenoxy) is 1. The van der Waals surface area contributed by atoms with Gasteiger partial charge in [-0.05, 0) is 41.3 Å². The molecule has 0 aliphatic heterocycles. The van der Waals surface area contributed by atoms with Crippen LogP contribution >= 0.6 is 23.6 Å². The van der Waals surface area contributed by atoms with Crippen LogP contribution in [0.2, 0.25) is 0 Å². The lowest BCUT2D eigenvalue weighted by Crippen LogP contribution is -2.40. The van der Waals surface area contributed by atoms with Gasteiger partial charge in [0.1, 0.15) is 5.75 Å². The molecule has 3 aromatic rings. The standard InChI is InChI=1S/C22H22N2O2S2/c1-3-6-16-10-12-24(13-11-16)20(21(25)19-9-5-14-28-19)22(27)23-17-7-4-8-18(15-17)26-2/h4-5,7-15H,3,6H2,1-2H3,(H-,23,25,27). The molecule has 0 saturated heterocycles. The second-order valence-electron chi connectivity index (χ2n) is 6.20. The van der Waals surface area contributed by atoms with Crippen LogP contribution in [0.3, 0.4) is 0 Å². The van der Waals surface area contributed by atoms with Gasteiger partial charge in [-0.3, -0.25) is 0 Å². The Kier molecular flexibility index (Phi) is 6.79. The van der Waals surface area contributed by atoms with Gasteiger partial charge < -0.3 is 15.2 Å². The highest BCUT2D eigenvalue weighted by Crippen LogP contribution is 2.22. The van der Waals surface area contributed by atoms with Crippen LogP contribution in [0.5, 0.6) is 5.75 Å². The lowest BCUT2D eigenvalue weighted by molar-refractivity contribution is -0.577. The van der Waals surface area contributed by atoms with Crippen molar-refractivity contribution in [1.29, 1.82) is 0 Å². The lowest BCUT2D eigenvalue weighted by Gasteiger charge is -2.16. The summed E-state index contributed by atoms with van der Waals surface area (Å²) in [4.78, 5) is 1.01. The van der Waals surface area contributed by atoms with E-state index in [2.05, 4.69) is 12.2 Å². The van der Waals surface area contributed by atoms with E-state index in [1.165, 1.54) is 16.9 Å². The number of thiophene rings is 1. The van der Waals surface area contributed by atoms with E-state index in [4.69, 9.17) is 17.0 Å². The molecule has 0 amide bonds. The summed E-state index contributed by atoms with van der Waals surface area (Å²) in [5.74, 6) is 0.610. The fraction of sp³-hybridized carbons (Fsp3) is 0.182. The van der Waals surface area contributed by atoms with Gasteiger partial charge in [0, 0.05) is 28.8 Å². The molecule has 0 aliphatic rings. The van der Waals surface area contributed by atoms with Gasteiger partial charge in [-0.1, -0.05) is 37.7 Å². The predicted molar refractivity (Wildman–Crippen MR) is 117 cm³/mol. The van der Waals surface area contributed by atoms with Crippen LogP contribution in [0, 0.1) is 0 Å². The van der Waals surface area contributed by atoms with E-state index < -0.39 is 0 Å². The molecule has 0 spiro atoms. The maximum Gasteiger partial charge on any atom is 0.239 e. The van der Waals surface area contributed by atoms with Gasteiger partial charge in [0.05, 0.1) is 7.11 Å². The van der Waals surface area contributed by atoms with Crippen LogP contribution < -0.4 is 19.7 Å². The molecule has 4 nitrogen and oxygen atoms in total.